The van der Waals surface area contributed by atoms with Crippen molar-refractivity contribution in [1.29, 1.82) is 0 Å². The highest BCUT2D eigenvalue weighted by Crippen LogP contribution is 2.14. The van der Waals surface area contributed by atoms with Gasteiger partial charge in [-0.05, 0) is 32.9 Å². The van der Waals surface area contributed by atoms with Gasteiger partial charge < -0.3 is 15.5 Å². The zero-order valence-electron chi connectivity index (χ0n) is 17.5. The summed E-state index contributed by atoms with van der Waals surface area (Å²) in [5, 5.41) is 20.7. The standard InChI is InChI=1S/C19H41NO.C3H4O2/c1-3-4-5-13-16-19(21)17-14-11-9-7-6-8-10-12-15-18-20-2;1-2-3(4)5/h19-21H,3-18H2,1-2H3;2H,1H2,(H,4,5). The predicted molar refractivity (Wildman–Crippen MR) is 113 cm³/mol. The van der Waals surface area contributed by atoms with E-state index in [1.807, 2.05) is 7.05 Å². The van der Waals surface area contributed by atoms with Crippen molar-refractivity contribution in [2.45, 2.75) is 109 Å². The fourth-order valence-electron chi connectivity index (χ4n) is 2.87. The van der Waals surface area contributed by atoms with Crippen molar-refractivity contribution in [3.63, 3.8) is 0 Å². The largest absolute Gasteiger partial charge is 0.478 e. The number of aliphatic hydroxyl groups excluding tert-OH is 1. The first-order chi connectivity index (χ1) is 12.6. The summed E-state index contributed by atoms with van der Waals surface area (Å²) in [5.41, 5.74) is 0. The van der Waals surface area contributed by atoms with Gasteiger partial charge in [0.05, 0.1) is 6.10 Å². The molecule has 0 aliphatic rings. The summed E-state index contributed by atoms with van der Waals surface area (Å²) in [5.74, 6) is -0.981. The molecule has 0 rings (SSSR count). The quantitative estimate of drug-likeness (QED) is 0.214. The molecule has 0 aliphatic heterocycles. The van der Waals surface area contributed by atoms with Crippen LogP contribution in [0.4, 0.5) is 0 Å². The highest BCUT2D eigenvalue weighted by atomic mass is 16.4. The molecule has 0 saturated heterocycles. The fourth-order valence-corrected chi connectivity index (χ4v) is 2.87. The zero-order valence-corrected chi connectivity index (χ0v) is 17.5. The number of rotatable bonds is 18. The number of carboxylic acid groups (broad SMARTS) is 1. The molecule has 4 nitrogen and oxygen atoms in total. The van der Waals surface area contributed by atoms with Crippen LogP contribution in [0.1, 0.15) is 103 Å². The average molecular weight is 372 g/mol. The van der Waals surface area contributed by atoms with Crippen molar-refractivity contribution in [3.05, 3.63) is 12.7 Å². The maximum atomic E-state index is 9.89. The summed E-state index contributed by atoms with van der Waals surface area (Å²) < 4.78 is 0. The fraction of sp³-hybridized carbons (Fsp3) is 0.864. The topological polar surface area (TPSA) is 69.6 Å². The zero-order chi connectivity index (χ0) is 19.9. The lowest BCUT2D eigenvalue weighted by atomic mass is 10.0. The van der Waals surface area contributed by atoms with Crippen molar-refractivity contribution in [1.82, 2.24) is 5.32 Å². The summed E-state index contributed by atoms with van der Waals surface area (Å²) in [6, 6.07) is 0. The molecular weight excluding hydrogens is 326 g/mol. The van der Waals surface area contributed by atoms with E-state index in [0.29, 0.717) is 0 Å². The molecule has 0 aromatic carbocycles. The molecule has 0 aromatic heterocycles. The molecule has 0 saturated carbocycles. The normalized spacial score (nSPS) is 11.5. The Morgan fingerprint density at radius 2 is 1.27 bits per heavy atom. The number of carboxylic acids is 1. The number of carbonyl (C=O) groups is 1. The smallest absolute Gasteiger partial charge is 0.327 e. The van der Waals surface area contributed by atoms with Crippen molar-refractivity contribution in [2.75, 3.05) is 13.6 Å². The summed E-state index contributed by atoms with van der Waals surface area (Å²) in [6.07, 6.45) is 20.1. The Morgan fingerprint density at radius 1 is 0.885 bits per heavy atom. The van der Waals surface area contributed by atoms with Crippen LogP contribution in [0.2, 0.25) is 0 Å². The Hall–Kier alpha value is -0.870. The first kappa shape index (κ1) is 27.3. The third kappa shape index (κ3) is 28.0. The van der Waals surface area contributed by atoms with Crippen LogP contribution in [0.3, 0.4) is 0 Å². The first-order valence-corrected chi connectivity index (χ1v) is 10.8. The second kappa shape index (κ2) is 24.1. The minimum absolute atomic E-state index is 0.0333. The van der Waals surface area contributed by atoms with Gasteiger partial charge in [-0.3, -0.25) is 0 Å². The van der Waals surface area contributed by atoms with Gasteiger partial charge in [-0.25, -0.2) is 4.79 Å². The molecule has 0 fully saturated rings. The van der Waals surface area contributed by atoms with E-state index >= 15 is 0 Å². The number of hydrogen-bond donors (Lipinski definition) is 3. The van der Waals surface area contributed by atoms with Crippen LogP contribution in [0.15, 0.2) is 12.7 Å². The Balaban J connectivity index is 0. The minimum atomic E-state index is -0.981. The lowest BCUT2D eigenvalue weighted by molar-refractivity contribution is -0.131. The molecule has 1 atom stereocenters. The maximum Gasteiger partial charge on any atom is 0.327 e. The second-order valence-corrected chi connectivity index (χ2v) is 7.12. The molecule has 26 heavy (non-hydrogen) atoms. The van der Waals surface area contributed by atoms with E-state index in [-0.39, 0.29) is 6.10 Å². The maximum absolute atomic E-state index is 9.89. The molecule has 3 N–H and O–H groups in total. The molecular formula is C22H45NO3. The Kier molecular flexibility index (Phi) is 25.4. The van der Waals surface area contributed by atoms with Gasteiger partial charge in [0.15, 0.2) is 0 Å². The van der Waals surface area contributed by atoms with E-state index in [9.17, 15) is 9.90 Å². The number of nitrogens with one attached hydrogen (secondary N) is 1. The summed E-state index contributed by atoms with van der Waals surface area (Å²) >= 11 is 0. The number of unbranched alkanes of at least 4 members (excludes halogenated alkanes) is 11. The van der Waals surface area contributed by atoms with Crippen LogP contribution >= 0.6 is 0 Å². The first-order valence-electron chi connectivity index (χ1n) is 10.8. The van der Waals surface area contributed by atoms with Crippen LogP contribution in [0, 0.1) is 0 Å². The van der Waals surface area contributed by atoms with Gasteiger partial charge in [0.1, 0.15) is 0 Å². The second-order valence-electron chi connectivity index (χ2n) is 7.12. The summed E-state index contributed by atoms with van der Waals surface area (Å²) in [4.78, 5) is 9.25. The van der Waals surface area contributed by atoms with Crippen LogP contribution in [0.5, 0.6) is 0 Å². The van der Waals surface area contributed by atoms with Gasteiger partial charge in [0.2, 0.25) is 0 Å². The van der Waals surface area contributed by atoms with Gasteiger partial charge in [-0.1, -0.05) is 90.6 Å². The number of hydrogen-bond acceptors (Lipinski definition) is 3. The van der Waals surface area contributed by atoms with E-state index in [2.05, 4.69) is 18.8 Å². The number of aliphatic carboxylic acids is 1. The van der Waals surface area contributed by atoms with E-state index in [1.165, 1.54) is 90.0 Å². The molecule has 0 amide bonds. The third-order valence-electron chi connectivity index (χ3n) is 4.53. The number of aliphatic hydroxyl groups is 1. The van der Waals surface area contributed by atoms with Gasteiger partial charge >= 0.3 is 5.97 Å². The molecule has 0 aliphatic carbocycles. The molecule has 0 radical (unpaired) electrons. The molecule has 156 valence electrons. The van der Waals surface area contributed by atoms with E-state index in [0.717, 1.165) is 18.9 Å². The SMILES string of the molecule is C=CC(=O)O.CCCCCCC(O)CCCCCCCCCCCNC. The summed E-state index contributed by atoms with van der Waals surface area (Å²) in [7, 11) is 2.03. The van der Waals surface area contributed by atoms with Crippen molar-refractivity contribution >= 4 is 5.97 Å². The van der Waals surface area contributed by atoms with E-state index in [4.69, 9.17) is 5.11 Å². The Labute approximate surface area is 162 Å². The van der Waals surface area contributed by atoms with Gasteiger partial charge in [-0.2, -0.15) is 0 Å². The average Bonchev–Trinajstić information content (AvgIpc) is 2.63. The van der Waals surface area contributed by atoms with E-state index in [1.54, 1.807) is 0 Å². The van der Waals surface area contributed by atoms with Crippen LogP contribution < -0.4 is 5.32 Å². The van der Waals surface area contributed by atoms with Crippen LogP contribution in [-0.4, -0.2) is 35.9 Å². The Bertz CT molecular complexity index is 295. The minimum Gasteiger partial charge on any atom is -0.478 e. The molecule has 0 spiro atoms. The van der Waals surface area contributed by atoms with Crippen molar-refractivity contribution in [2.24, 2.45) is 0 Å². The van der Waals surface area contributed by atoms with E-state index < -0.39 is 5.97 Å². The highest BCUT2D eigenvalue weighted by Gasteiger charge is 2.03. The molecule has 1 unspecified atom stereocenters. The van der Waals surface area contributed by atoms with Crippen LogP contribution in [0.25, 0.3) is 0 Å². The third-order valence-corrected chi connectivity index (χ3v) is 4.53. The van der Waals surface area contributed by atoms with Crippen molar-refractivity contribution in [3.8, 4) is 0 Å². The Morgan fingerprint density at radius 3 is 1.65 bits per heavy atom. The predicted octanol–water partition coefficient (Wildman–Crippen LogP) is 5.70. The lowest BCUT2D eigenvalue weighted by Gasteiger charge is -2.10. The van der Waals surface area contributed by atoms with Crippen molar-refractivity contribution < 1.29 is 15.0 Å². The monoisotopic (exact) mass is 371 g/mol. The molecule has 4 heteroatoms. The summed E-state index contributed by atoms with van der Waals surface area (Å²) in [6.45, 7) is 6.36. The molecule has 0 heterocycles. The molecule has 0 aromatic rings. The van der Waals surface area contributed by atoms with Gasteiger partial charge in [-0.15, -0.1) is 0 Å². The van der Waals surface area contributed by atoms with Gasteiger partial charge in [0, 0.05) is 6.08 Å². The lowest BCUT2D eigenvalue weighted by Crippen LogP contribution is -2.06. The van der Waals surface area contributed by atoms with Gasteiger partial charge in [0.25, 0.3) is 0 Å². The van der Waals surface area contributed by atoms with Crippen LogP contribution in [-0.2, 0) is 4.79 Å². The molecule has 0 bridgehead atoms. The highest BCUT2D eigenvalue weighted by molar-refractivity contribution is 5.78.